The minimum Gasteiger partial charge on any atom is -0.392 e. The Morgan fingerprint density at radius 2 is 2.40 bits per heavy atom. The summed E-state index contributed by atoms with van der Waals surface area (Å²) in [4.78, 5) is 3.93. The lowest BCUT2D eigenvalue weighted by Gasteiger charge is -1.94. The highest BCUT2D eigenvalue weighted by molar-refractivity contribution is 7.84. The van der Waals surface area contributed by atoms with Crippen LogP contribution < -0.4 is 5.73 Å². The third-order valence-corrected chi connectivity index (χ3v) is 1.22. The molecule has 0 fully saturated rings. The van der Waals surface area contributed by atoms with Crippen LogP contribution in [0.3, 0.4) is 0 Å². The van der Waals surface area contributed by atoms with Gasteiger partial charge in [0.15, 0.2) is 0 Å². The minimum absolute atomic E-state index is 0.469. The largest absolute Gasteiger partial charge is 0.392 e. The molecule has 0 heterocycles. The molecule has 56 valence electrons. The maximum atomic E-state index is 5.38. The van der Waals surface area contributed by atoms with Gasteiger partial charge in [-0.05, 0) is 25.3 Å². The lowest BCUT2D eigenvalue weighted by Crippen LogP contribution is -1.92. The zero-order valence-corrected chi connectivity index (χ0v) is 7.15. The predicted octanol–water partition coefficient (Wildman–Crippen LogP) is 1.70. The Bertz CT molecular complexity index is 184. The monoisotopic (exact) mass is 156 g/mol. The van der Waals surface area contributed by atoms with Crippen LogP contribution >= 0.6 is 12.6 Å². The van der Waals surface area contributed by atoms with Gasteiger partial charge in [-0.25, -0.2) is 4.99 Å². The molecule has 0 aromatic heterocycles. The van der Waals surface area contributed by atoms with Gasteiger partial charge in [-0.15, -0.1) is 12.6 Å². The highest BCUT2D eigenvalue weighted by Crippen LogP contribution is 2.06. The summed E-state index contributed by atoms with van der Waals surface area (Å²) in [5.41, 5.74) is 6.16. The first-order valence-electron chi connectivity index (χ1n) is 3.14. The van der Waals surface area contributed by atoms with E-state index >= 15 is 0 Å². The molecule has 0 bridgehead atoms. The number of hydrogen-bond acceptors (Lipinski definition) is 3. The normalized spacial score (nSPS) is 11.5. The second kappa shape index (κ2) is 5.15. The quantitative estimate of drug-likeness (QED) is 0.463. The molecule has 0 atom stereocenters. The van der Waals surface area contributed by atoms with E-state index in [0.717, 1.165) is 12.1 Å². The second-order valence-electron chi connectivity index (χ2n) is 1.72. The molecule has 2 nitrogen and oxygen atoms in total. The molecule has 0 saturated carbocycles. The van der Waals surface area contributed by atoms with Crippen molar-refractivity contribution in [1.29, 1.82) is 0 Å². The van der Waals surface area contributed by atoms with E-state index in [1.807, 2.05) is 13.8 Å². The Labute approximate surface area is 66.9 Å². The van der Waals surface area contributed by atoms with Gasteiger partial charge in [0, 0.05) is 0 Å². The van der Waals surface area contributed by atoms with Crippen LogP contribution in [0.2, 0.25) is 0 Å². The summed E-state index contributed by atoms with van der Waals surface area (Å²) in [5, 5.41) is 0.469. The van der Waals surface area contributed by atoms with E-state index < -0.39 is 0 Å². The maximum absolute atomic E-state index is 5.38. The number of thiol groups is 1. The summed E-state index contributed by atoms with van der Waals surface area (Å²) in [6, 6.07) is 0. The van der Waals surface area contributed by atoms with E-state index in [2.05, 4.69) is 23.5 Å². The smallest absolute Gasteiger partial charge is 0.0851 e. The number of nitrogens with zero attached hydrogens (tertiary/aromatic N) is 1. The molecule has 0 unspecified atom stereocenters. The van der Waals surface area contributed by atoms with E-state index in [1.54, 1.807) is 6.08 Å². The molecule has 0 radical (unpaired) electrons. The van der Waals surface area contributed by atoms with Crippen LogP contribution in [0.25, 0.3) is 0 Å². The van der Waals surface area contributed by atoms with Gasteiger partial charge in [0.1, 0.15) is 0 Å². The van der Waals surface area contributed by atoms with Crippen molar-refractivity contribution in [2.45, 2.75) is 20.3 Å². The van der Waals surface area contributed by atoms with Crippen LogP contribution in [-0.4, -0.2) is 5.87 Å². The number of allylic oxidation sites excluding steroid dienone is 2. The van der Waals surface area contributed by atoms with Crippen LogP contribution in [0.15, 0.2) is 21.8 Å². The summed E-state index contributed by atoms with van der Waals surface area (Å²) in [6.45, 7) is 3.82. The molecule has 10 heavy (non-hydrogen) atoms. The van der Waals surface area contributed by atoms with Crippen LogP contribution in [-0.2, 0) is 0 Å². The summed E-state index contributed by atoms with van der Waals surface area (Å²) < 4.78 is 0. The van der Waals surface area contributed by atoms with Gasteiger partial charge in [0.2, 0.25) is 0 Å². The number of rotatable bonds is 2. The third kappa shape index (κ3) is 3.38. The lowest BCUT2D eigenvalue weighted by atomic mass is 10.4. The minimum atomic E-state index is 0.469. The van der Waals surface area contributed by atoms with E-state index in [9.17, 15) is 0 Å². The molecule has 0 aromatic carbocycles. The molecule has 0 amide bonds. The van der Waals surface area contributed by atoms with Crippen molar-refractivity contribution in [1.82, 2.24) is 0 Å². The zero-order chi connectivity index (χ0) is 7.98. The molecule has 2 N–H and O–H groups in total. The van der Waals surface area contributed by atoms with E-state index in [-0.39, 0.29) is 0 Å². The zero-order valence-electron chi connectivity index (χ0n) is 6.26. The maximum Gasteiger partial charge on any atom is 0.0851 e. The molecule has 0 spiro atoms. The topological polar surface area (TPSA) is 38.4 Å². The fourth-order valence-electron chi connectivity index (χ4n) is 0.460. The Balaban J connectivity index is 4.40. The van der Waals surface area contributed by atoms with Crippen molar-refractivity contribution in [3.63, 3.8) is 0 Å². The van der Waals surface area contributed by atoms with E-state index in [1.165, 1.54) is 0 Å². The summed E-state index contributed by atoms with van der Waals surface area (Å²) in [7, 11) is 0. The molecule has 0 aliphatic heterocycles. The van der Waals surface area contributed by atoms with Crippen LogP contribution in [0.1, 0.15) is 20.3 Å². The summed E-state index contributed by atoms with van der Waals surface area (Å²) in [6.07, 6.45) is 2.52. The van der Waals surface area contributed by atoms with Gasteiger partial charge in [0.05, 0.1) is 10.7 Å². The Morgan fingerprint density at radius 3 is 2.70 bits per heavy atom. The van der Waals surface area contributed by atoms with Gasteiger partial charge in [0.25, 0.3) is 0 Å². The number of aliphatic imine (C=N–C) groups is 1. The molecular formula is C7H12N2S. The molecule has 0 saturated heterocycles. The highest BCUT2D eigenvalue weighted by atomic mass is 32.1. The molecule has 0 aromatic rings. The SMILES string of the molecule is CC=C=N/C(CC)=C(\N)S. The number of hydrogen-bond donors (Lipinski definition) is 2. The first-order valence-corrected chi connectivity index (χ1v) is 3.58. The molecule has 0 aliphatic rings. The first-order chi connectivity index (χ1) is 4.72. The number of nitrogens with two attached hydrogens (primary N) is 1. The van der Waals surface area contributed by atoms with E-state index in [0.29, 0.717) is 5.03 Å². The summed E-state index contributed by atoms with van der Waals surface area (Å²) >= 11 is 3.96. The first kappa shape index (κ1) is 9.34. The Kier molecular flexibility index (Phi) is 4.81. The average molecular weight is 156 g/mol. The molecule has 3 heteroatoms. The lowest BCUT2D eigenvalue weighted by molar-refractivity contribution is 1.05. The van der Waals surface area contributed by atoms with Crippen molar-refractivity contribution in [3.05, 3.63) is 16.8 Å². The Morgan fingerprint density at radius 1 is 1.80 bits per heavy atom. The Hall–Kier alpha value is -0.660. The predicted molar refractivity (Wildman–Crippen MR) is 48.2 cm³/mol. The van der Waals surface area contributed by atoms with Crippen molar-refractivity contribution in [2.75, 3.05) is 0 Å². The van der Waals surface area contributed by atoms with Crippen LogP contribution in [0.4, 0.5) is 0 Å². The third-order valence-electron chi connectivity index (χ3n) is 0.959. The van der Waals surface area contributed by atoms with Crippen LogP contribution in [0.5, 0.6) is 0 Å². The standard InChI is InChI=1S/C7H12N2S/c1-3-5-9-6(4-2)7(8)10/h3,10H,4,8H2,1-2H3/b7-6+. The van der Waals surface area contributed by atoms with Crippen molar-refractivity contribution < 1.29 is 0 Å². The molecule has 0 aliphatic carbocycles. The van der Waals surface area contributed by atoms with Gasteiger partial charge in [-0.2, -0.15) is 0 Å². The van der Waals surface area contributed by atoms with Gasteiger partial charge in [-0.1, -0.05) is 6.92 Å². The van der Waals surface area contributed by atoms with Crippen LogP contribution in [0, 0.1) is 0 Å². The average Bonchev–Trinajstić information content (AvgIpc) is 1.89. The van der Waals surface area contributed by atoms with Crippen molar-refractivity contribution in [2.24, 2.45) is 10.7 Å². The molecular weight excluding hydrogens is 144 g/mol. The van der Waals surface area contributed by atoms with E-state index in [4.69, 9.17) is 5.73 Å². The fraction of sp³-hybridized carbons (Fsp3) is 0.429. The van der Waals surface area contributed by atoms with Crippen molar-refractivity contribution >= 4 is 18.5 Å². The van der Waals surface area contributed by atoms with Gasteiger partial charge in [-0.3, -0.25) is 0 Å². The van der Waals surface area contributed by atoms with Gasteiger partial charge < -0.3 is 5.73 Å². The summed E-state index contributed by atoms with van der Waals surface area (Å²) in [5.74, 6) is 2.69. The van der Waals surface area contributed by atoms with Gasteiger partial charge >= 0.3 is 0 Å². The fourth-order valence-corrected chi connectivity index (χ4v) is 0.668. The van der Waals surface area contributed by atoms with Crippen molar-refractivity contribution in [3.8, 4) is 0 Å². The molecule has 0 rings (SSSR count). The highest BCUT2D eigenvalue weighted by Gasteiger charge is 1.91. The second-order valence-corrected chi connectivity index (χ2v) is 2.20.